The molecule has 1 aromatic heterocycles. The lowest BCUT2D eigenvalue weighted by atomic mass is 10.1. The summed E-state index contributed by atoms with van der Waals surface area (Å²) in [5.74, 6) is -2.55. The van der Waals surface area contributed by atoms with E-state index in [1.807, 2.05) is 19.1 Å². The Bertz CT molecular complexity index is 949. The van der Waals surface area contributed by atoms with Gasteiger partial charge >= 0.3 is 0 Å². The van der Waals surface area contributed by atoms with E-state index in [2.05, 4.69) is 15.6 Å². The van der Waals surface area contributed by atoms with Crippen molar-refractivity contribution in [2.24, 2.45) is 0 Å². The second kappa shape index (κ2) is 7.57. The highest BCUT2D eigenvalue weighted by Gasteiger charge is 2.12. The molecule has 0 radical (unpaired) electrons. The van der Waals surface area contributed by atoms with Crippen molar-refractivity contribution in [1.29, 1.82) is 0 Å². The maximum Gasteiger partial charge on any atom is 0.251 e. The van der Waals surface area contributed by atoms with E-state index in [1.54, 1.807) is 12.1 Å². The molecule has 0 aliphatic rings. The van der Waals surface area contributed by atoms with Crippen LogP contribution in [0.25, 0.3) is 10.2 Å². The van der Waals surface area contributed by atoms with Gasteiger partial charge in [-0.2, -0.15) is 0 Å². The van der Waals surface area contributed by atoms with Crippen LogP contribution in [0.5, 0.6) is 0 Å². The molecule has 26 heavy (non-hydrogen) atoms. The van der Waals surface area contributed by atoms with Crippen LogP contribution in [0.2, 0.25) is 0 Å². The van der Waals surface area contributed by atoms with Gasteiger partial charge < -0.3 is 10.6 Å². The van der Waals surface area contributed by atoms with E-state index >= 15 is 0 Å². The molecular weight excluding hydrogens is 360 g/mol. The SMILES string of the molecule is Cc1ccccc1C(=O)NCCC(=O)Nc1nc2cc(F)c(F)cc2s1. The number of nitrogens with zero attached hydrogens (tertiary/aromatic N) is 1. The van der Waals surface area contributed by atoms with Crippen molar-refractivity contribution >= 4 is 38.5 Å². The summed E-state index contributed by atoms with van der Waals surface area (Å²) in [5.41, 5.74) is 1.68. The van der Waals surface area contributed by atoms with Crippen LogP contribution in [0.3, 0.4) is 0 Å². The van der Waals surface area contributed by atoms with Crippen LogP contribution in [0.15, 0.2) is 36.4 Å². The number of nitrogens with one attached hydrogen (secondary N) is 2. The van der Waals surface area contributed by atoms with Gasteiger partial charge in [0, 0.05) is 24.6 Å². The fraction of sp³-hybridized carbons (Fsp3) is 0.167. The molecular formula is C18H15F2N3O2S. The topological polar surface area (TPSA) is 71.1 Å². The highest BCUT2D eigenvalue weighted by molar-refractivity contribution is 7.22. The van der Waals surface area contributed by atoms with E-state index in [-0.39, 0.29) is 35.4 Å². The molecule has 0 spiro atoms. The highest BCUT2D eigenvalue weighted by Crippen LogP contribution is 2.27. The molecule has 2 amide bonds. The number of fused-ring (bicyclic) bond motifs is 1. The largest absolute Gasteiger partial charge is 0.352 e. The predicted molar refractivity (Wildman–Crippen MR) is 96.3 cm³/mol. The molecule has 2 N–H and O–H groups in total. The van der Waals surface area contributed by atoms with Gasteiger partial charge in [-0.1, -0.05) is 29.5 Å². The van der Waals surface area contributed by atoms with E-state index in [0.29, 0.717) is 10.3 Å². The standard InChI is InChI=1S/C18H15F2N3O2S/c1-10-4-2-3-5-11(10)17(25)21-7-6-16(24)23-18-22-14-8-12(19)13(20)9-15(14)26-18/h2-5,8-9H,6-7H2,1H3,(H,21,25)(H,22,23,24). The Kier molecular flexibility index (Phi) is 5.22. The third kappa shape index (κ3) is 4.02. The van der Waals surface area contributed by atoms with Gasteiger partial charge in [0.25, 0.3) is 5.91 Å². The smallest absolute Gasteiger partial charge is 0.251 e. The normalized spacial score (nSPS) is 10.7. The van der Waals surface area contributed by atoms with Gasteiger partial charge in [0.2, 0.25) is 5.91 Å². The Morgan fingerprint density at radius 3 is 2.65 bits per heavy atom. The molecule has 0 bridgehead atoms. The predicted octanol–water partition coefficient (Wildman–Crippen LogP) is 3.64. The van der Waals surface area contributed by atoms with Gasteiger partial charge in [0.15, 0.2) is 16.8 Å². The summed E-state index contributed by atoms with van der Waals surface area (Å²) < 4.78 is 26.8. The Balaban J connectivity index is 1.54. The zero-order valence-corrected chi connectivity index (χ0v) is 14.6. The number of anilines is 1. The fourth-order valence-electron chi connectivity index (χ4n) is 2.37. The average molecular weight is 375 g/mol. The van der Waals surface area contributed by atoms with Crippen LogP contribution in [0.4, 0.5) is 13.9 Å². The molecule has 3 rings (SSSR count). The first-order valence-corrected chi connectivity index (χ1v) is 8.65. The van der Waals surface area contributed by atoms with Crippen LogP contribution in [0, 0.1) is 18.6 Å². The lowest BCUT2D eigenvalue weighted by Crippen LogP contribution is -2.28. The second-order valence-electron chi connectivity index (χ2n) is 5.62. The Morgan fingerprint density at radius 1 is 1.15 bits per heavy atom. The Hall–Kier alpha value is -2.87. The summed E-state index contributed by atoms with van der Waals surface area (Å²) in [6.07, 6.45) is 0.0519. The highest BCUT2D eigenvalue weighted by atomic mass is 32.1. The summed E-state index contributed by atoms with van der Waals surface area (Å²) in [5, 5.41) is 5.50. The maximum atomic E-state index is 13.2. The molecule has 0 aliphatic heterocycles. The number of carbonyl (C=O) groups is 2. The van der Waals surface area contributed by atoms with E-state index < -0.39 is 11.6 Å². The zero-order valence-electron chi connectivity index (χ0n) is 13.8. The summed E-state index contributed by atoms with van der Waals surface area (Å²) in [4.78, 5) is 28.1. The monoisotopic (exact) mass is 375 g/mol. The minimum Gasteiger partial charge on any atom is -0.352 e. The molecule has 2 aromatic carbocycles. The lowest BCUT2D eigenvalue weighted by Gasteiger charge is -2.07. The van der Waals surface area contributed by atoms with Crippen LogP contribution >= 0.6 is 11.3 Å². The van der Waals surface area contributed by atoms with Crippen LogP contribution in [-0.4, -0.2) is 23.3 Å². The van der Waals surface area contributed by atoms with Gasteiger partial charge in [-0.15, -0.1) is 0 Å². The summed E-state index contributed by atoms with van der Waals surface area (Å²) in [7, 11) is 0. The molecule has 0 aliphatic carbocycles. The molecule has 134 valence electrons. The number of rotatable bonds is 5. The first-order chi connectivity index (χ1) is 12.4. The molecule has 0 fully saturated rings. The number of carbonyl (C=O) groups excluding carboxylic acids is 2. The number of hydrogen-bond acceptors (Lipinski definition) is 4. The zero-order chi connectivity index (χ0) is 18.7. The lowest BCUT2D eigenvalue weighted by molar-refractivity contribution is -0.116. The number of benzene rings is 2. The minimum atomic E-state index is -0.986. The maximum absolute atomic E-state index is 13.2. The van der Waals surface area contributed by atoms with Crippen molar-refractivity contribution < 1.29 is 18.4 Å². The van der Waals surface area contributed by atoms with E-state index in [4.69, 9.17) is 0 Å². The number of aryl methyl sites for hydroxylation is 1. The first kappa shape index (κ1) is 17.9. The molecule has 0 saturated heterocycles. The molecule has 0 unspecified atom stereocenters. The van der Waals surface area contributed by atoms with Crippen molar-refractivity contribution in [3.8, 4) is 0 Å². The van der Waals surface area contributed by atoms with E-state index in [9.17, 15) is 18.4 Å². The minimum absolute atomic E-state index is 0.0519. The summed E-state index contributed by atoms with van der Waals surface area (Å²) in [6, 6.07) is 9.19. The molecule has 0 saturated carbocycles. The van der Waals surface area contributed by atoms with Crippen molar-refractivity contribution in [3.63, 3.8) is 0 Å². The number of hydrogen-bond donors (Lipinski definition) is 2. The third-order valence-corrected chi connectivity index (χ3v) is 4.64. The summed E-state index contributed by atoms with van der Waals surface area (Å²) in [6.45, 7) is 1.99. The third-order valence-electron chi connectivity index (χ3n) is 3.70. The van der Waals surface area contributed by atoms with E-state index in [1.165, 1.54) is 0 Å². The number of halogens is 2. The van der Waals surface area contributed by atoms with Crippen molar-refractivity contribution in [1.82, 2.24) is 10.3 Å². The van der Waals surface area contributed by atoms with Gasteiger partial charge in [-0.3, -0.25) is 9.59 Å². The van der Waals surface area contributed by atoms with Gasteiger partial charge in [0.1, 0.15) is 0 Å². The number of amides is 2. The first-order valence-electron chi connectivity index (χ1n) is 7.83. The molecule has 3 aromatic rings. The average Bonchev–Trinajstić information content (AvgIpc) is 2.96. The van der Waals surface area contributed by atoms with Gasteiger partial charge in [0.05, 0.1) is 10.2 Å². The van der Waals surface area contributed by atoms with Crippen molar-refractivity contribution in [2.45, 2.75) is 13.3 Å². The Labute approximate surface area is 152 Å². The quantitative estimate of drug-likeness (QED) is 0.715. The molecule has 8 heteroatoms. The van der Waals surface area contributed by atoms with Gasteiger partial charge in [-0.05, 0) is 24.6 Å². The van der Waals surface area contributed by atoms with Crippen LogP contribution < -0.4 is 10.6 Å². The number of aromatic nitrogens is 1. The van der Waals surface area contributed by atoms with Crippen LogP contribution in [-0.2, 0) is 4.79 Å². The Morgan fingerprint density at radius 2 is 1.88 bits per heavy atom. The second-order valence-corrected chi connectivity index (χ2v) is 6.65. The molecule has 1 heterocycles. The van der Waals surface area contributed by atoms with E-state index in [0.717, 1.165) is 29.0 Å². The molecule has 5 nitrogen and oxygen atoms in total. The van der Waals surface area contributed by atoms with Crippen LogP contribution in [0.1, 0.15) is 22.3 Å². The summed E-state index contributed by atoms with van der Waals surface area (Å²) >= 11 is 1.05. The van der Waals surface area contributed by atoms with Crippen molar-refractivity contribution in [3.05, 3.63) is 59.2 Å². The van der Waals surface area contributed by atoms with Crippen molar-refractivity contribution in [2.75, 3.05) is 11.9 Å². The van der Waals surface area contributed by atoms with Gasteiger partial charge in [-0.25, -0.2) is 13.8 Å². The molecule has 0 atom stereocenters. The number of thiazole rings is 1. The fourth-order valence-corrected chi connectivity index (χ4v) is 3.26.